The second-order valence-corrected chi connectivity index (χ2v) is 4.97. The molecule has 0 aromatic carbocycles. The van der Waals surface area contributed by atoms with Crippen molar-refractivity contribution in [2.45, 2.75) is 13.5 Å². The Hall–Kier alpha value is -3.22. The van der Waals surface area contributed by atoms with Crippen molar-refractivity contribution in [2.75, 3.05) is 6.61 Å². The molecule has 0 spiro atoms. The van der Waals surface area contributed by atoms with Gasteiger partial charge in [0.15, 0.2) is 5.82 Å². The standard InChI is InChI=1S/C17H17N5O2/c1-2-24-16-10-14(6-8-18-16)17(23)20-12-13-4-5-15(19-11-13)22-9-3-7-21-22/h3-11H,2,12H2,1H3,(H,20,23). The molecule has 0 radical (unpaired) electrons. The first-order chi connectivity index (χ1) is 11.8. The van der Waals surface area contributed by atoms with Crippen LogP contribution in [0.25, 0.3) is 5.82 Å². The van der Waals surface area contributed by atoms with E-state index in [-0.39, 0.29) is 5.91 Å². The number of amides is 1. The van der Waals surface area contributed by atoms with Crippen molar-refractivity contribution in [2.24, 2.45) is 0 Å². The minimum Gasteiger partial charge on any atom is -0.478 e. The monoisotopic (exact) mass is 323 g/mol. The van der Waals surface area contributed by atoms with Crippen LogP contribution in [0.1, 0.15) is 22.8 Å². The molecule has 0 unspecified atom stereocenters. The number of ether oxygens (including phenoxy) is 1. The molecule has 0 aliphatic carbocycles. The fraction of sp³-hybridized carbons (Fsp3) is 0.176. The highest BCUT2D eigenvalue weighted by molar-refractivity contribution is 5.94. The Balaban J connectivity index is 1.61. The highest BCUT2D eigenvalue weighted by Crippen LogP contribution is 2.10. The lowest BCUT2D eigenvalue weighted by Gasteiger charge is -2.07. The van der Waals surface area contributed by atoms with Gasteiger partial charge in [-0.1, -0.05) is 6.07 Å². The Morgan fingerprint density at radius 2 is 2.17 bits per heavy atom. The van der Waals surface area contributed by atoms with Crippen molar-refractivity contribution in [3.8, 4) is 11.7 Å². The van der Waals surface area contributed by atoms with Gasteiger partial charge < -0.3 is 10.1 Å². The molecule has 0 saturated heterocycles. The topological polar surface area (TPSA) is 81.9 Å². The summed E-state index contributed by atoms with van der Waals surface area (Å²) in [6, 6.07) is 8.87. The zero-order valence-electron chi connectivity index (χ0n) is 13.2. The lowest BCUT2D eigenvalue weighted by Crippen LogP contribution is -2.23. The van der Waals surface area contributed by atoms with Gasteiger partial charge in [0, 0.05) is 43.0 Å². The van der Waals surface area contributed by atoms with Crippen molar-refractivity contribution >= 4 is 5.91 Å². The van der Waals surface area contributed by atoms with Crippen LogP contribution < -0.4 is 10.1 Å². The summed E-state index contributed by atoms with van der Waals surface area (Å²) in [5.74, 6) is 0.982. The van der Waals surface area contributed by atoms with Crippen LogP contribution in [0.4, 0.5) is 0 Å². The first-order valence-corrected chi connectivity index (χ1v) is 7.58. The van der Waals surface area contributed by atoms with Crippen molar-refractivity contribution in [3.05, 3.63) is 66.2 Å². The zero-order chi connectivity index (χ0) is 16.8. The quantitative estimate of drug-likeness (QED) is 0.750. The van der Waals surface area contributed by atoms with E-state index in [4.69, 9.17) is 4.74 Å². The van der Waals surface area contributed by atoms with Gasteiger partial charge in [-0.3, -0.25) is 4.79 Å². The Morgan fingerprint density at radius 3 is 2.88 bits per heavy atom. The minimum atomic E-state index is -0.186. The van der Waals surface area contributed by atoms with Gasteiger partial charge in [0.25, 0.3) is 5.91 Å². The molecule has 3 aromatic rings. The van der Waals surface area contributed by atoms with Gasteiger partial charge in [-0.25, -0.2) is 14.6 Å². The summed E-state index contributed by atoms with van der Waals surface area (Å²) >= 11 is 0. The molecule has 1 N–H and O–H groups in total. The molecule has 1 amide bonds. The third-order valence-corrected chi connectivity index (χ3v) is 3.29. The maximum Gasteiger partial charge on any atom is 0.251 e. The molecule has 7 heteroatoms. The van der Waals surface area contributed by atoms with Crippen LogP contribution in [0, 0.1) is 0 Å². The highest BCUT2D eigenvalue weighted by Gasteiger charge is 2.07. The zero-order valence-corrected chi connectivity index (χ0v) is 13.2. The summed E-state index contributed by atoms with van der Waals surface area (Å²) in [6.07, 6.45) is 6.79. The summed E-state index contributed by atoms with van der Waals surface area (Å²) in [5.41, 5.74) is 1.41. The van der Waals surface area contributed by atoms with Gasteiger partial charge in [0.2, 0.25) is 5.88 Å². The number of pyridine rings is 2. The molecule has 0 fully saturated rings. The molecule has 7 nitrogen and oxygen atoms in total. The first-order valence-electron chi connectivity index (χ1n) is 7.58. The molecule has 3 aromatic heterocycles. The van der Waals surface area contributed by atoms with Crippen LogP contribution in [0.3, 0.4) is 0 Å². The summed E-state index contributed by atoms with van der Waals surface area (Å²) in [4.78, 5) is 20.6. The van der Waals surface area contributed by atoms with Gasteiger partial charge >= 0.3 is 0 Å². The molecular weight excluding hydrogens is 306 g/mol. The fourth-order valence-corrected chi connectivity index (χ4v) is 2.12. The number of hydrogen-bond donors (Lipinski definition) is 1. The number of nitrogens with one attached hydrogen (secondary N) is 1. The average molecular weight is 323 g/mol. The molecule has 0 aliphatic heterocycles. The number of nitrogens with zero attached hydrogens (tertiary/aromatic N) is 4. The summed E-state index contributed by atoms with van der Waals surface area (Å²) in [7, 11) is 0. The van der Waals surface area contributed by atoms with Crippen LogP contribution in [-0.2, 0) is 6.54 Å². The third-order valence-electron chi connectivity index (χ3n) is 3.29. The van der Waals surface area contributed by atoms with E-state index in [0.717, 1.165) is 11.4 Å². The van der Waals surface area contributed by atoms with Gasteiger partial charge in [-0.2, -0.15) is 5.10 Å². The third kappa shape index (κ3) is 3.75. The maximum absolute atomic E-state index is 12.2. The van der Waals surface area contributed by atoms with E-state index in [1.165, 1.54) is 0 Å². The van der Waals surface area contributed by atoms with E-state index in [1.54, 1.807) is 35.4 Å². The number of rotatable bonds is 6. The van der Waals surface area contributed by atoms with Crippen molar-refractivity contribution in [1.82, 2.24) is 25.1 Å². The number of aromatic nitrogens is 4. The van der Waals surface area contributed by atoms with Crippen molar-refractivity contribution in [3.63, 3.8) is 0 Å². The SMILES string of the molecule is CCOc1cc(C(=O)NCc2ccc(-n3cccn3)nc2)ccn1. The second-order valence-electron chi connectivity index (χ2n) is 4.97. The summed E-state index contributed by atoms with van der Waals surface area (Å²) in [6.45, 7) is 2.76. The van der Waals surface area contributed by atoms with Crippen LogP contribution in [-0.4, -0.2) is 32.3 Å². The maximum atomic E-state index is 12.2. The smallest absolute Gasteiger partial charge is 0.251 e. The van der Waals surface area contributed by atoms with Crippen molar-refractivity contribution in [1.29, 1.82) is 0 Å². The van der Waals surface area contributed by atoms with Gasteiger partial charge in [-0.05, 0) is 30.7 Å². The van der Waals surface area contributed by atoms with E-state index in [1.807, 2.05) is 31.3 Å². The molecule has 3 heterocycles. The van der Waals surface area contributed by atoms with Crippen molar-refractivity contribution < 1.29 is 9.53 Å². The largest absolute Gasteiger partial charge is 0.478 e. The molecule has 24 heavy (non-hydrogen) atoms. The Morgan fingerprint density at radius 1 is 1.25 bits per heavy atom. The molecule has 122 valence electrons. The molecule has 0 bridgehead atoms. The van der Waals surface area contributed by atoms with E-state index < -0.39 is 0 Å². The lowest BCUT2D eigenvalue weighted by atomic mass is 10.2. The van der Waals surface area contributed by atoms with Gasteiger partial charge in [0.05, 0.1) is 6.61 Å². The summed E-state index contributed by atoms with van der Waals surface area (Å²) in [5, 5.41) is 6.97. The predicted molar refractivity (Wildman–Crippen MR) is 87.9 cm³/mol. The highest BCUT2D eigenvalue weighted by atomic mass is 16.5. The second kappa shape index (κ2) is 7.36. The van der Waals surface area contributed by atoms with Gasteiger partial charge in [-0.15, -0.1) is 0 Å². The lowest BCUT2D eigenvalue weighted by molar-refractivity contribution is 0.0950. The molecule has 0 aliphatic rings. The van der Waals surface area contributed by atoms with Gasteiger partial charge in [0.1, 0.15) is 0 Å². The molecular formula is C17H17N5O2. The number of carbonyl (C=O) groups excluding carboxylic acids is 1. The molecule has 0 atom stereocenters. The average Bonchev–Trinajstić information content (AvgIpc) is 3.15. The number of hydrogen-bond acceptors (Lipinski definition) is 5. The van der Waals surface area contributed by atoms with Crippen LogP contribution in [0.5, 0.6) is 5.88 Å². The Bertz CT molecular complexity index is 800. The van der Waals surface area contributed by atoms with E-state index >= 15 is 0 Å². The van der Waals surface area contributed by atoms with Crippen LogP contribution in [0.15, 0.2) is 55.1 Å². The van der Waals surface area contributed by atoms with Crippen LogP contribution >= 0.6 is 0 Å². The Kier molecular flexibility index (Phi) is 4.81. The summed E-state index contributed by atoms with van der Waals surface area (Å²) < 4.78 is 6.97. The fourth-order valence-electron chi connectivity index (χ4n) is 2.12. The Labute approximate surface area is 139 Å². The van der Waals surface area contributed by atoms with E-state index in [9.17, 15) is 4.79 Å². The van der Waals surface area contributed by atoms with E-state index in [0.29, 0.717) is 24.6 Å². The molecule has 0 saturated carbocycles. The first kappa shape index (κ1) is 15.7. The van der Waals surface area contributed by atoms with Crippen LogP contribution in [0.2, 0.25) is 0 Å². The predicted octanol–water partition coefficient (Wildman–Crippen LogP) is 1.99. The molecule has 3 rings (SSSR count). The number of carbonyl (C=O) groups is 1. The normalized spacial score (nSPS) is 10.4. The van der Waals surface area contributed by atoms with E-state index in [2.05, 4.69) is 20.4 Å². The minimum absolute atomic E-state index is 0.186.